The minimum atomic E-state index is -0.147. The van der Waals surface area contributed by atoms with Crippen molar-refractivity contribution in [3.8, 4) is 0 Å². The van der Waals surface area contributed by atoms with Gasteiger partial charge in [-0.2, -0.15) is 0 Å². The second-order valence-corrected chi connectivity index (χ2v) is 11.8. The van der Waals surface area contributed by atoms with Gasteiger partial charge in [-0.25, -0.2) is 0 Å². The maximum absolute atomic E-state index is 13.2. The molecule has 0 aromatic carbocycles. The van der Waals surface area contributed by atoms with Gasteiger partial charge in [0, 0.05) is 32.4 Å². The molecule has 8 atom stereocenters. The maximum Gasteiger partial charge on any atom is 0.302 e. The van der Waals surface area contributed by atoms with Crippen LogP contribution in [0.2, 0.25) is 0 Å². The largest absolute Gasteiger partial charge is 0.462 e. The number of hydrogen-bond donors (Lipinski definition) is 0. The van der Waals surface area contributed by atoms with Crippen molar-refractivity contribution in [2.24, 2.45) is 40.4 Å². The van der Waals surface area contributed by atoms with Gasteiger partial charge in [0.05, 0.1) is 0 Å². The molecule has 0 aromatic rings. The Labute approximate surface area is 195 Å². The van der Waals surface area contributed by atoms with Crippen LogP contribution in [0.1, 0.15) is 92.9 Å². The van der Waals surface area contributed by atoms with Gasteiger partial charge in [0.1, 0.15) is 6.10 Å². The van der Waals surface area contributed by atoms with Gasteiger partial charge < -0.3 is 9.64 Å². The van der Waals surface area contributed by atoms with Crippen LogP contribution in [0.4, 0.5) is 0 Å². The Morgan fingerprint density at radius 1 is 1.09 bits per heavy atom. The van der Waals surface area contributed by atoms with E-state index in [0.29, 0.717) is 17.2 Å². The predicted octanol–water partition coefficient (Wildman–Crippen LogP) is 6.00. The second-order valence-electron chi connectivity index (χ2n) is 11.8. The van der Waals surface area contributed by atoms with Crippen LogP contribution in [0, 0.1) is 40.4 Å². The molecule has 0 spiro atoms. The van der Waals surface area contributed by atoms with Crippen LogP contribution in [0.3, 0.4) is 0 Å². The van der Waals surface area contributed by atoms with Crippen molar-refractivity contribution in [3.63, 3.8) is 0 Å². The van der Waals surface area contributed by atoms with Crippen LogP contribution in [0.15, 0.2) is 11.6 Å². The van der Waals surface area contributed by atoms with Crippen molar-refractivity contribution < 1.29 is 14.3 Å². The highest BCUT2D eigenvalue weighted by atomic mass is 16.5. The lowest BCUT2D eigenvalue weighted by atomic mass is 9.47. The summed E-state index contributed by atoms with van der Waals surface area (Å²) >= 11 is 0. The first kappa shape index (κ1) is 23.8. The fraction of sp³-hybridized carbons (Fsp3) is 0.857. The minimum Gasteiger partial charge on any atom is -0.462 e. The zero-order chi connectivity index (χ0) is 23.3. The third-order valence-corrected chi connectivity index (χ3v) is 10.5. The van der Waals surface area contributed by atoms with E-state index in [1.165, 1.54) is 39.0 Å². The number of carbonyl (C=O) groups is 2. The van der Waals surface area contributed by atoms with Gasteiger partial charge in [0.25, 0.3) is 0 Å². The van der Waals surface area contributed by atoms with Crippen molar-refractivity contribution in [2.45, 2.75) is 99.0 Å². The SMILES string of the molecule is CCN(CC)C(=O)C(C)C1CCC2C3CC=C4CC(OC(C)=O)CCC4(C)C3CCC12C. The summed E-state index contributed by atoms with van der Waals surface area (Å²) in [5, 5.41) is 0. The number of ether oxygens (including phenoxy) is 1. The van der Waals surface area contributed by atoms with Crippen LogP contribution >= 0.6 is 0 Å². The highest BCUT2D eigenvalue weighted by Crippen LogP contribution is 2.67. The van der Waals surface area contributed by atoms with E-state index in [4.69, 9.17) is 4.74 Å². The average molecular weight is 444 g/mol. The molecular weight excluding hydrogens is 398 g/mol. The fourth-order valence-corrected chi connectivity index (χ4v) is 8.82. The van der Waals surface area contributed by atoms with E-state index in [1.54, 1.807) is 5.57 Å². The number of rotatable bonds is 5. The van der Waals surface area contributed by atoms with E-state index in [-0.39, 0.29) is 23.4 Å². The van der Waals surface area contributed by atoms with Gasteiger partial charge in [0.2, 0.25) is 5.91 Å². The van der Waals surface area contributed by atoms with Crippen molar-refractivity contribution in [3.05, 3.63) is 11.6 Å². The first-order valence-electron chi connectivity index (χ1n) is 13.3. The van der Waals surface area contributed by atoms with Crippen molar-refractivity contribution in [2.75, 3.05) is 13.1 Å². The predicted molar refractivity (Wildman–Crippen MR) is 128 cm³/mol. The Kier molecular flexibility index (Phi) is 6.55. The molecule has 0 N–H and O–H groups in total. The third-order valence-electron chi connectivity index (χ3n) is 10.5. The van der Waals surface area contributed by atoms with Gasteiger partial charge in [0.15, 0.2) is 0 Å². The van der Waals surface area contributed by atoms with Crippen LogP contribution in [0.5, 0.6) is 0 Å². The summed E-state index contributed by atoms with van der Waals surface area (Å²) in [6.45, 7) is 14.6. The molecular formula is C28H45NO3. The van der Waals surface area contributed by atoms with E-state index in [1.807, 2.05) is 4.90 Å². The van der Waals surface area contributed by atoms with Gasteiger partial charge in [-0.3, -0.25) is 9.59 Å². The van der Waals surface area contributed by atoms with E-state index >= 15 is 0 Å². The summed E-state index contributed by atoms with van der Waals surface area (Å²) in [6.07, 6.45) is 11.9. The molecule has 4 rings (SSSR count). The number of hydrogen-bond acceptors (Lipinski definition) is 3. The lowest BCUT2D eigenvalue weighted by Gasteiger charge is -2.58. The van der Waals surface area contributed by atoms with E-state index in [2.05, 4.69) is 40.7 Å². The summed E-state index contributed by atoms with van der Waals surface area (Å²) in [5.41, 5.74) is 2.11. The minimum absolute atomic E-state index is 0.0695. The summed E-state index contributed by atoms with van der Waals surface area (Å²) in [6, 6.07) is 0. The highest BCUT2D eigenvalue weighted by molar-refractivity contribution is 5.79. The van der Waals surface area contributed by atoms with Crippen LogP contribution in [0.25, 0.3) is 0 Å². The molecule has 0 aromatic heterocycles. The molecule has 0 heterocycles. The van der Waals surface area contributed by atoms with Gasteiger partial charge in [-0.1, -0.05) is 32.4 Å². The molecule has 3 fully saturated rings. The molecule has 4 nitrogen and oxygen atoms in total. The summed E-state index contributed by atoms with van der Waals surface area (Å²) in [7, 11) is 0. The molecule has 32 heavy (non-hydrogen) atoms. The number of allylic oxidation sites excluding steroid dienone is 1. The van der Waals surface area contributed by atoms with Crippen molar-refractivity contribution in [1.82, 2.24) is 4.90 Å². The quantitative estimate of drug-likeness (QED) is 0.387. The molecule has 0 aliphatic heterocycles. The Morgan fingerprint density at radius 2 is 1.81 bits per heavy atom. The molecule has 1 amide bonds. The second kappa shape index (κ2) is 8.80. The zero-order valence-corrected chi connectivity index (χ0v) is 21.3. The smallest absolute Gasteiger partial charge is 0.302 e. The highest BCUT2D eigenvalue weighted by Gasteiger charge is 2.60. The topological polar surface area (TPSA) is 46.6 Å². The number of esters is 1. The standard InChI is InChI=1S/C28H45NO3/c1-7-29(8-2)26(31)18(3)23-11-12-24-22-10-9-20-17-21(32-19(4)30)13-15-27(20,5)25(22)14-16-28(23,24)6/h9,18,21-25H,7-8,10-17H2,1-6H3. The zero-order valence-electron chi connectivity index (χ0n) is 21.3. The maximum atomic E-state index is 13.2. The molecule has 180 valence electrons. The van der Waals surface area contributed by atoms with Gasteiger partial charge >= 0.3 is 5.97 Å². The number of fused-ring (bicyclic) bond motifs is 5. The summed E-state index contributed by atoms with van der Waals surface area (Å²) in [4.78, 5) is 26.7. The number of nitrogens with zero attached hydrogens (tertiary/aromatic N) is 1. The van der Waals surface area contributed by atoms with Gasteiger partial charge in [-0.05, 0) is 93.3 Å². The fourth-order valence-electron chi connectivity index (χ4n) is 8.82. The van der Waals surface area contributed by atoms with Crippen LogP contribution in [-0.4, -0.2) is 36.0 Å². The summed E-state index contributed by atoms with van der Waals surface area (Å²) < 4.78 is 5.59. The summed E-state index contributed by atoms with van der Waals surface area (Å²) in [5.74, 6) is 3.08. The van der Waals surface area contributed by atoms with E-state index < -0.39 is 0 Å². The molecule has 4 aliphatic carbocycles. The Balaban J connectivity index is 1.53. The third kappa shape index (κ3) is 3.74. The Bertz CT molecular complexity index is 771. The van der Waals surface area contributed by atoms with Crippen LogP contribution in [-0.2, 0) is 14.3 Å². The first-order chi connectivity index (χ1) is 15.2. The Hall–Kier alpha value is -1.32. The Morgan fingerprint density at radius 3 is 2.47 bits per heavy atom. The van der Waals surface area contributed by atoms with E-state index in [9.17, 15) is 9.59 Å². The molecule has 4 heteroatoms. The molecule has 8 unspecified atom stereocenters. The molecule has 3 saturated carbocycles. The van der Waals surface area contributed by atoms with Crippen molar-refractivity contribution >= 4 is 11.9 Å². The lowest BCUT2D eigenvalue weighted by molar-refractivity contribution is -0.148. The molecule has 0 radical (unpaired) electrons. The first-order valence-corrected chi connectivity index (χ1v) is 13.3. The van der Waals surface area contributed by atoms with Gasteiger partial charge in [-0.15, -0.1) is 0 Å². The lowest BCUT2D eigenvalue weighted by Crippen LogP contribution is -2.51. The molecule has 0 bridgehead atoms. The normalized spacial score (nSPS) is 41.6. The number of amides is 1. The van der Waals surface area contributed by atoms with Crippen molar-refractivity contribution in [1.29, 1.82) is 0 Å². The molecule has 0 saturated heterocycles. The average Bonchev–Trinajstić information content (AvgIpc) is 3.11. The van der Waals surface area contributed by atoms with Crippen LogP contribution < -0.4 is 0 Å². The monoisotopic (exact) mass is 443 g/mol. The van der Waals surface area contributed by atoms with E-state index in [0.717, 1.165) is 50.1 Å². The molecule has 4 aliphatic rings. The number of carbonyl (C=O) groups excluding carboxylic acids is 2.